The monoisotopic (exact) mass is 1180 g/mol. The van der Waals surface area contributed by atoms with Crippen molar-refractivity contribution < 1.29 is 56.1 Å². The van der Waals surface area contributed by atoms with E-state index in [1.807, 2.05) is 60.7 Å². The van der Waals surface area contributed by atoms with Crippen LogP contribution in [0.4, 0.5) is 11.4 Å². The third-order valence-corrected chi connectivity index (χ3v) is 23.2. The summed E-state index contributed by atoms with van der Waals surface area (Å²) in [7, 11) is 10.2. The molecule has 70 heavy (non-hydrogen) atoms. The fourth-order valence-corrected chi connectivity index (χ4v) is 20.1. The molecule has 384 valence electrons. The second kappa shape index (κ2) is 36.0. The van der Waals surface area contributed by atoms with Gasteiger partial charge < -0.3 is 34.5 Å². The van der Waals surface area contributed by atoms with E-state index in [0.29, 0.717) is 0 Å². The van der Waals surface area contributed by atoms with Crippen molar-refractivity contribution in [3.8, 4) is 0 Å². The maximum absolute atomic E-state index is 6.99. The van der Waals surface area contributed by atoms with Crippen LogP contribution in [0.1, 0.15) is 127 Å². The molecule has 9 unspecified atom stereocenters. The number of fused-ring (bicyclic) bond motifs is 2. The first-order valence-corrected chi connectivity index (χ1v) is 36.7. The minimum atomic E-state index is -0.951. The maximum Gasteiger partial charge on any atom is 4.00 e. The fraction of sp³-hybridized carbons (Fsp3) is 0.533. The van der Waals surface area contributed by atoms with E-state index < -0.39 is 38.9 Å². The normalized spacial score (nSPS) is 21.7. The van der Waals surface area contributed by atoms with Gasteiger partial charge in [0.1, 0.15) is 0 Å². The molecule has 4 saturated carbocycles. The van der Waals surface area contributed by atoms with Gasteiger partial charge in [0.25, 0.3) is 0 Å². The molecule has 0 spiro atoms. The number of rotatable bonds is 12. The third kappa shape index (κ3) is 22.0. The second-order valence-electron chi connectivity index (χ2n) is 20.6. The smallest absolute Gasteiger partial charge is 4.00 e. The first-order valence-electron chi connectivity index (χ1n) is 25.8. The molecule has 0 aliphatic heterocycles. The summed E-state index contributed by atoms with van der Waals surface area (Å²) in [5.74, 6) is 4.35. The Morgan fingerprint density at radius 1 is 0.571 bits per heavy atom. The summed E-state index contributed by atoms with van der Waals surface area (Å²) in [4.78, 5) is 1.48. The van der Waals surface area contributed by atoms with Crippen molar-refractivity contribution in [2.24, 2.45) is 23.7 Å². The van der Waals surface area contributed by atoms with E-state index in [2.05, 4.69) is 101 Å². The van der Waals surface area contributed by atoms with Gasteiger partial charge in [-0.1, -0.05) is 148 Å². The Morgan fingerprint density at radius 3 is 1.36 bits per heavy atom. The van der Waals surface area contributed by atoms with E-state index in [1.54, 1.807) is 38.5 Å². The number of hydrogen-bond acceptors (Lipinski definition) is 1. The van der Waals surface area contributed by atoms with Gasteiger partial charge in [-0.25, -0.2) is 0 Å². The van der Waals surface area contributed by atoms with Crippen LogP contribution in [0.15, 0.2) is 78.9 Å². The first-order chi connectivity index (χ1) is 32.1. The number of benzene rings is 4. The number of quaternary nitrogens is 1. The van der Waals surface area contributed by atoms with Gasteiger partial charge in [-0.15, -0.1) is 35.6 Å². The van der Waals surface area contributed by atoms with Crippen molar-refractivity contribution in [3.63, 3.8) is 0 Å². The molecule has 10 heteroatoms. The molecule has 4 aromatic rings. The Labute approximate surface area is 473 Å². The number of halogens is 2. The Morgan fingerprint density at radius 2 is 0.957 bits per heavy atom. The third-order valence-electron chi connectivity index (χ3n) is 15.7. The van der Waals surface area contributed by atoms with Crippen LogP contribution < -0.4 is 4.90 Å². The molecular formula is C60H94Cl2N3OSi2Zr2+. The van der Waals surface area contributed by atoms with E-state index in [0.717, 1.165) is 72.1 Å². The van der Waals surface area contributed by atoms with Crippen molar-refractivity contribution in [1.82, 2.24) is 0 Å². The molecule has 0 amide bonds. The summed E-state index contributed by atoms with van der Waals surface area (Å²) in [6.45, 7) is 31.6. The Balaban J connectivity index is 0.000000510. The number of hydrogen-bond donors (Lipinski definition) is 1. The summed E-state index contributed by atoms with van der Waals surface area (Å²) in [5.41, 5.74) is 15.8. The molecular weight excluding hydrogens is 1090 g/mol. The zero-order chi connectivity index (χ0) is 48.9. The number of likely N-dealkylation sites (N-methyl/N-ethyl adjacent to an activating group) is 1. The van der Waals surface area contributed by atoms with Gasteiger partial charge in [-0.3, -0.25) is 0 Å². The van der Waals surface area contributed by atoms with Crippen molar-refractivity contribution in [1.29, 1.82) is 0 Å². The van der Waals surface area contributed by atoms with Gasteiger partial charge >= 0.3 is 64.1 Å². The molecule has 0 bridgehead atoms. The Bertz CT molecular complexity index is 1920. The standard InChI is InChI=1S/C24H35N3.C20H38OSi2.2C7H7.2CH3.2ClH.2Zr/c1-16-13-18(3)23(19(4)14-16)25-9-11-27(8)12-10-26-24-20(5)15-17(2)21(6)22(24)7;1-22(19-13-11-15-7-3-5-9-17(15)19)21-23(2)20-14-12-16-8-4-6-10-18(16)20;2*1-7-5-3-2-4-6-7;;;;;;/h13-15H,9-12H2,1-8H3;15-20,22-23H,3-14H2,1-2H3;2*2-6H,1H2;2*1H3;2*1H;;/q-2;;4*-1;;;2*+4/p-1. The van der Waals surface area contributed by atoms with E-state index >= 15 is 0 Å². The quantitative estimate of drug-likeness (QED) is 0.111. The van der Waals surface area contributed by atoms with Gasteiger partial charge in [0, 0.05) is 0 Å². The Kier molecular flexibility index (Phi) is 34.4. The SMILES string of the molecule is C[SiH](O[SiH](C)C1CCC2CCCCC21)C1CCC2CCCCC21.Cc1cc(C)c([N-]CC[NH+](C)CC[N-]c2c(C)cc(C)c(C)c2C)c(C)c1.[CH2-]c1ccccc1.[CH2-]c1ccccc1.[CH3-].[CH3-].[Cl][Zr+2][Cl].[Zr+4]. The number of aryl methyl sites for hydroxylation is 5. The topological polar surface area (TPSA) is 41.9 Å². The van der Waals surface area contributed by atoms with Crippen LogP contribution in [0.2, 0.25) is 24.2 Å². The van der Waals surface area contributed by atoms with Crippen LogP contribution in [0.3, 0.4) is 0 Å². The number of nitrogens with one attached hydrogen (secondary N) is 1. The van der Waals surface area contributed by atoms with Crippen LogP contribution in [0, 0.1) is 101 Å². The van der Waals surface area contributed by atoms with Crippen molar-refractivity contribution >= 4 is 46.5 Å². The molecule has 9 atom stereocenters. The van der Waals surface area contributed by atoms with Crippen LogP contribution >= 0.6 is 17.0 Å². The minimum Gasteiger partial charge on any atom is 4.00 e. The summed E-state index contributed by atoms with van der Waals surface area (Å²) >= 11 is -0.826. The summed E-state index contributed by atoms with van der Waals surface area (Å²) in [6, 6.07) is 26.4. The van der Waals surface area contributed by atoms with Crippen molar-refractivity contribution in [2.75, 3.05) is 33.2 Å². The molecule has 4 aliphatic rings. The van der Waals surface area contributed by atoms with E-state index in [4.69, 9.17) is 31.8 Å². The molecule has 0 saturated heterocycles. The van der Waals surface area contributed by atoms with Crippen molar-refractivity contribution in [3.05, 3.63) is 168 Å². The molecule has 4 fully saturated rings. The minimum absolute atomic E-state index is 0. The fourth-order valence-electron chi connectivity index (χ4n) is 12.0. The molecule has 0 aromatic heterocycles. The van der Waals surface area contributed by atoms with E-state index in [9.17, 15) is 0 Å². The van der Waals surface area contributed by atoms with Crippen molar-refractivity contribution in [2.45, 2.75) is 150 Å². The zero-order valence-corrected chi connectivity index (χ0v) is 54.6. The van der Waals surface area contributed by atoms with E-state index in [1.165, 1.54) is 93.7 Å². The molecule has 4 nitrogen and oxygen atoms in total. The molecule has 0 heterocycles. The van der Waals surface area contributed by atoms with Gasteiger partial charge in [0.05, 0.1) is 20.1 Å². The van der Waals surface area contributed by atoms with Crippen LogP contribution in [-0.4, -0.2) is 51.3 Å². The molecule has 4 aromatic carbocycles. The predicted octanol–water partition coefficient (Wildman–Crippen LogP) is 16.7. The zero-order valence-electron chi connectivity index (χ0n) is 45.9. The average Bonchev–Trinajstić information content (AvgIpc) is 3.95. The predicted molar refractivity (Wildman–Crippen MR) is 309 cm³/mol. The molecule has 4 aliphatic carbocycles. The average molecular weight is 1180 g/mol. The second-order valence-corrected chi connectivity index (χ2v) is 29.9. The summed E-state index contributed by atoms with van der Waals surface area (Å²) in [5, 5.41) is 9.75. The van der Waals surface area contributed by atoms with Gasteiger partial charge in [-0.05, 0) is 107 Å². The van der Waals surface area contributed by atoms with E-state index in [-0.39, 0.29) is 41.1 Å². The van der Waals surface area contributed by atoms with Crippen LogP contribution in [0.25, 0.3) is 10.6 Å². The first kappa shape index (κ1) is 66.9. The summed E-state index contributed by atoms with van der Waals surface area (Å²) in [6.07, 6.45) is 18.4. The molecule has 1 N–H and O–H groups in total. The maximum atomic E-state index is 6.99. The largest absolute Gasteiger partial charge is 4.00 e. The van der Waals surface area contributed by atoms with Crippen LogP contribution in [0.5, 0.6) is 0 Å². The van der Waals surface area contributed by atoms with Crippen LogP contribution in [-0.2, 0) is 51.2 Å². The van der Waals surface area contributed by atoms with Gasteiger partial charge in [0.15, 0.2) is 18.1 Å². The molecule has 8 rings (SSSR count). The number of nitrogens with zero attached hydrogens (tertiary/aromatic N) is 2. The van der Waals surface area contributed by atoms with Gasteiger partial charge in [-0.2, -0.15) is 49.2 Å². The van der Waals surface area contributed by atoms with Gasteiger partial charge in [0.2, 0.25) is 0 Å². The summed E-state index contributed by atoms with van der Waals surface area (Å²) < 4.78 is 6.99. The Hall–Kier alpha value is -1.08. The molecule has 0 radical (unpaired) electrons.